The molecule has 17 heavy (non-hydrogen) atoms. The third-order valence-corrected chi connectivity index (χ3v) is 2.29. The Bertz CT molecular complexity index is 555. The van der Waals surface area contributed by atoms with E-state index in [-0.39, 0.29) is 11.5 Å². The second-order valence-corrected chi connectivity index (χ2v) is 3.91. The van der Waals surface area contributed by atoms with E-state index in [4.69, 9.17) is 11.6 Å². The summed E-state index contributed by atoms with van der Waals surface area (Å²) >= 11 is 5.77. The van der Waals surface area contributed by atoms with Crippen LogP contribution in [-0.2, 0) is 0 Å². The van der Waals surface area contributed by atoms with Gasteiger partial charge in [-0.25, -0.2) is 13.2 Å². The van der Waals surface area contributed by atoms with Crippen molar-refractivity contribution in [2.45, 2.75) is 12.3 Å². The first-order chi connectivity index (χ1) is 8.02. The van der Waals surface area contributed by atoms with Crippen molar-refractivity contribution in [3.05, 3.63) is 35.4 Å². The summed E-state index contributed by atoms with van der Waals surface area (Å²) in [5.41, 5.74) is -0.295. The summed E-state index contributed by atoms with van der Waals surface area (Å²) < 4.78 is 40.2. The number of benzene rings is 1. The Balaban J connectivity index is 2.61. The van der Waals surface area contributed by atoms with Crippen molar-refractivity contribution >= 4 is 11.6 Å². The molecule has 4 nitrogen and oxygen atoms in total. The van der Waals surface area contributed by atoms with Crippen LogP contribution in [0, 0.1) is 17.5 Å². The Morgan fingerprint density at radius 2 is 1.94 bits per heavy atom. The predicted octanol–water partition coefficient (Wildman–Crippen LogP) is 2.38. The Labute approximate surface area is 99.0 Å². The summed E-state index contributed by atoms with van der Waals surface area (Å²) in [5.74, 6) is -4.08. The minimum atomic E-state index is -1.58. The van der Waals surface area contributed by atoms with E-state index in [0.29, 0.717) is 0 Å². The van der Waals surface area contributed by atoms with Gasteiger partial charge >= 0.3 is 0 Å². The van der Waals surface area contributed by atoms with Gasteiger partial charge in [-0.05, 0) is 29.5 Å². The molecule has 0 aliphatic rings. The average molecular weight is 263 g/mol. The maximum Gasteiger partial charge on any atom is 0.196 e. The van der Waals surface area contributed by atoms with E-state index in [1.807, 2.05) is 0 Å². The highest BCUT2D eigenvalue weighted by atomic mass is 35.5. The summed E-state index contributed by atoms with van der Waals surface area (Å²) in [6.45, 7) is 1.57. The maximum atomic E-state index is 13.5. The first-order valence-electron chi connectivity index (χ1n) is 4.58. The third-order valence-electron chi connectivity index (χ3n) is 2.09. The fraction of sp³-hybridized carbons (Fsp3) is 0.222. The Morgan fingerprint density at radius 3 is 2.59 bits per heavy atom. The molecule has 2 rings (SSSR count). The van der Waals surface area contributed by atoms with Crippen LogP contribution in [0.25, 0.3) is 5.69 Å². The van der Waals surface area contributed by atoms with Gasteiger partial charge in [-0.3, -0.25) is 0 Å². The summed E-state index contributed by atoms with van der Waals surface area (Å²) in [4.78, 5) is 0. The normalized spacial score (nSPS) is 12.8. The fourth-order valence-electron chi connectivity index (χ4n) is 1.29. The molecule has 8 heteroatoms. The van der Waals surface area contributed by atoms with Gasteiger partial charge in [0.05, 0.1) is 5.38 Å². The number of rotatable bonds is 2. The van der Waals surface area contributed by atoms with Gasteiger partial charge in [-0.2, -0.15) is 4.68 Å². The van der Waals surface area contributed by atoms with Gasteiger partial charge in [-0.1, -0.05) is 0 Å². The van der Waals surface area contributed by atoms with Crippen LogP contribution in [0.1, 0.15) is 18.1 Å². The van der Waals surface area contributed by atoms with Gasteiger partial charge in [0.15, 0.2) is 23.3 Å². The molecular formula is C9H6ClF3N4. The van der Waals surface area contributed by atoms with E-state index in [2.05, 4.69) is 15.5 Å². The van der Waals surface area contributed by atoms with Gasteiger partial charge in [0, 0.05) is 0 Å². The lowest BCUT2D eigenvalue weighted by molar-refractivity contribution is 0.442. The summed E-state index contributed by atoms with van der Waals surface area (Å²) in [6.07, 6.45) is 0. The number of halogens is 4. The number of tetrazole rings is 1. The van der Waals surface area contributed by atoms with Gasteiger partial charge in [0.1, 0.15) is 5.69 Å². The highest BCUT2D eigenvalue weighted by Crippen LogP contribution is 2.23. The smallest absolute Gasteiger partial charge is 0.196 e. The highest BCUT2D eigenvalue weighted by molar-refractivity contribution is 6.20. The lowest BCUT2D eigenvalue weighted by atomic mass is 10.2. The zero-order chi connectivity index (χ0) is 12.6. The van der Waals surface area contributed by atoms with Crippen LogP contribution in [0.3, 0.4) is 0 Å². The molecule has 1 aromatic carbocycles. The molecule has 0 fully saturated rings. The minimum absolute atomic E-state index is 0.136. The van der Waals surface area contributed by atoms with Crippen molar-refractivity contribution in [2.75, 3.05) is 0 Å². The van der Waals surface area contributed by atoms with Crippen LogP contribution in [0.15, 0.2) is 12.1 Å². The monoisotopic (exact) mass is 262 g/mol. The standard InChI is InChI=1S/C9H6ClF3N4/c1-4(10)9-14-15-16-17(9)6-3-2-5(11)7(12)8(6)13/h2-4H,1H3. The maximum absolute atomic E-state index is 13.5. The van der Waals surface area contributed by atoms with Crippen molar-refractivity contribution < 1.29 is 13.2 Å². The number of aromatic nitrogens is 4. The zero-order valence-electron chi connectivity index (χ0n) is 8.53. The first kappa shape index (κ1) is 11.8. The van der Waals surface area contributed by atoms with Crippen LogP contribution in [0.2, 0.25) is 0 Å². The quantitative estimate of drug-likeness (QED) is 0.616. The van der Waals surface area contributed by atoms with Crippen LogP contribution in [-0.4, -0.2) is 20.2 Å². The number of hydrogen-bond donors (Lipinski definition) is 0. The van der Waals surface area contributed by atoms with Crippen LogP contribution in [0.5, 0.6) is 0 Å². The van der Waals surface area contributed by atoms with Gasteiger partial charge in [0.25, 0.3) is 0 Å². The van der Waals surface area contributed by atoms with Crippen molar-refractivity contribution in [1.82, 2.24) is 20.2 Å². The average Bonchev–Trinajstić information content (AvgIpc) is 2.75. The van der Waals surface area contributed by atoms with E-state index in [9.17, 15) is 13.2 Å². The van der Waals surface area contributed by atoms with Crippen LogP contribution < -0.4 is 0 Å². The van der Waals surface area contributed by atoms with E-state index in [0.717, 1.165) is 16.8 Å². The second kappa shape index (κ2) is 4.33. The fourth-order valence-corrected chi connectivity index (χ4v) is 1.43. The van der Waals surface area contributed by atoms with E-state index < -0.39 is 22.8 Å². The van der Waals surface area contributed by atoms with E-state index in [1.54, 1.807) is 6.92 Å². The summed E-state index contributed by atoms with van der Waals surface area (Å²) in [5, 5.41) is 9.76. The van der Waals surface area contributed by atoms with E-state index >= 15 is 0 Å². The minimum Gasteiger partial charge on any atom is -0.204 e. The molecule has 1 atom stereocenters. The van der Waals surface area contributed by atoms with Crippen LogP contribution in [0.4, 0.5) is 13.2 Å². The lowest BCUT2D eigenvalue weighted by Crippen LogP contribution is -2.08. The third kappa shape index (κ3) is 1.97. The molecule has 0 radical (unpaired) electrons. The molecule has 0 amide bonds. The lowest BCUT2D eigenvalue weighted by Gasteiger charge is -2.07. The summed E-state index contributed by atoms with van der Waals surface area (Å²) in [7, 11) is 0. The number of alkyl halides is 1. The zero-order valence-corrected chi connectivity index (χ0v) is 9.29. The molecule has 0 aliphatic heterocycles. The molecule has 90 valence electrons. The highest BCUT2D eigenvalue weighted by Gasteiger charge is 2.20. The molecule has 1 unspecified atom stereocenters. The van der Waals surface area contributed by atoms with Crippen molar-refractivity contribution in [3.63, 3.8) is 0 Å². The SMILES string of the molecule is CC(Cl)c1nnnn1-c1ccc(F)c(F)c1F. The van der Waals surface area contributed by atoms with Crippen molar-refractivity contribution in [2.24, 2.45) is 0 Å². The Hall–Kier alpha value is -1.63. The van der Waals surface area contributed by atoms with Crippen molar-refractivity contribution in [3.8, 4) is 5.69 Å². The predicted molar refractivity (Wildman–Crippen MR) is 53.3 cm³/mol. The Morgan fingerprint density at radius 1 is 1.24 bits per heavy atom. The largest absolute Gasteiger partial charge is 0.204 e. The Kier molecular flexibility index (Phi) is 3.01. The van der Waals surface area contributed by atoms with Gasteiger partial charge in [0.2, 0.25) is 0 Å². The summed E-state index contributed by atoms with van der Waals surface area (Å²) in [6, 6.07) is 1.82. The first-order valence-corrected chi connectivity index (χ1v) is 5.02. The molecule has 0 N–H and O–H groups in total. The molecule has 0 saturated carbocycles. The molecule has 1 aromatic heterocycles. The second-order valence-electron chi connectivity index (χ2n) is 3.26. The molecule has 0 aliphatic carbocycles. The molecule has 0 saturated heterocycles. The molecular weight excluding hydrogens is 257 g/mol. The number of nitrogens with zero attached hydrogens (tertiary/aromatic N) is 4. The van der Waals surface area contributed by atoms with Gasteiger partial charge < -0.3 is 0 Å². The topological polar surface area (TPSA) is 43.6 Å². The molecule has 2 aromatic rings. The number of hydrogen-bond acceptors (Lipinski definition) is 3. The van der Waals surface area contributed by atoms with Crippen LogP contribution >= 0.6 is 11.6 Å². The molecule has 0 bridgehead atoms. The van der Waals surface area contributed by atoms with E-state index in [1.165, 1.54) is 0 Å². The van der Waals surface area contributed by atoms with Crippen molar-refractivity contribution in [1.29, 1.82) is 0 Å². The van der Waals surface area contributed by atoms with Gasteiger partial charge in [-0.15, -0.1) is 16.7 Å². The molecule has 0 spiro atoms. The molecule has 1 heterocycles.